The summed E-state index contributed by atoms with van der Waals surface area (Å²) in [6.07, 6.45) is 12.5. The van der Waals surface area contributed by atoms with Gasteiger partial charge in [-0.2, -0.15) is 0 Å². The number of nitrogens with zero attached hydrogens (tertiary/aromatic N) is 1. The minimum absolute atomic E-state index is 0.0464. The lowest BCUT2D eigenvalue weighted by molar-refractivity contribution is -0.139. The Bertz CT molecular complexity index is 643. The first-order chi connectivity index (χ1) is 13.5. The SMILES string of the molecule is C=C(C)C(=O)OCCCCCCCCCCCSc1nc(CCC)cc(=O)[nH]1. The van der Waals surface area contributed by atoms with Crippen molar-refractivity contribution in [3.63, 3.8) is 0 Å². The summed E-state index contributed by atoms with van der Waals surface area (Å²) in [4.78, 5) is 30.2. The molecular formula is C22H36N2O3S. The highest BCUT2D eigenvalue weighted by Crippen LogP contribution is 2.16. The first-order valence-electron chi connectivity index (χ1n) is 10.6. The molecule has 0 atom stereocenters. The fraction of sp³-hybridized carbons (Fsp3) is 0.682. The lowest BCUT2D eigenvalue weighted by Gasteiger charge is -2.05. The smallest absolute Gasteiger partial charge is 0.333 e. The number of esters is 1. The first-order valence-corrected chi connectivity index (χ1v) is 11.6. The molecule has 0 saturated heterocycles. The van der Waals surface area contributed by atoms with Crippen LogP contribution in [0.5, 0.6) is 0 Å². The lowest BCUT2D eigenvalue weighted by atomic mass is 10.1. The Kier molecular flexibility index (Phi) is 13.4. The molecule has 0 aliphatic heterocycles. The van der Waals surface area contributed by atoms with Crippen LogP contribution >= 0.6 is 11.8 Å². The molecule has 0 aliphatic rings. The number of thioether (sulfide) groups is 1. The van der Waals surface area contributed by atoms with Crippen molar-refractivity contribution in [2.75, 3.05) is 12.4 Å². The molecule has 0 spiro atoms. The van der Waals surface area contributed by atoms with Crippen LogP contribution in [0.15, 0.2) is 28.2 Å². The molecule has 0 aliphatic carbocycles. The summed E-state index contributed by atoms with van der Waals surface area (Å²) >= 11 is 1.65. The first kappa shape index (κ1) is 24.5. The maximum absolute atomic E-state index is 11.6. The Morgan fingerprint density at radius 1 is 1.11 bits per heavy atom. The summed E-state index contributed by atoms with van der Waals surface area (Å²) < 4.78 is 5.08. The maximum Gasteiger partial charge on any atom is 0.333 e. The van der Waals surface area contributed by atoms with Gasteiger partial charge in [-0.1, -0.05) is 76.6 Å². The molecular weight excluding hydrogens is 372 g/mol. The standard InChI is InChI=1S/C22H36N2O3S/c1-4-14-19-17-20(25)24-22(23-19)28-16-13-11-9-7-5-6-8-10-12-15-27-21(26)18(2)3/h17H,2,4-16H2,1,3H3,(H,23,24,25). The molecule has 0 unspecified atom stereocenters. The fourth-order valence-corrected chi connectivity index (χ4v) is 3.73. The van der Waals surface area contributed by atoms with Gasteiger partial charge in [0, 0.05) is 23.1 Å². The number of ether oxygens (including phenoxy) is 1. The molecule has 0 radical (unpaired) electrons. The summed E-state index contributed by atoms with van der Waals surface area (Å²) in [5.41, 5.74) is 1.31. The van der Waals surface area contributed by atoms with Crippen LogP contribution < -0.4 is 5.56 Å². The van der Waals surface area contributed by atoms with Gasteiger partial charge in [0.25, 0.3) is 5.56 Å². The normalized spacial score (nSPS) is 10.8. The van der Waals surface area contributed by atoms with E-state index in [1.807, 2.05) is 0 Å². The molecule has 1 aromatic heterocycles. The number of hydrogen-bond acceptors (Lipinski definition) is 5. The molecule has 0 aromatic carbocycles. The molecule has 1 rings (SSSR count). The molecule has 28 heavy (non-hydrogen) atoms. The molecule has 0 bridgehead atoms. The van der Waals surface area contributed by atoms with Crippen LogP contribution in [0.1, 0.15) is 83.7 Å². The summed E-state index contributed by atoms with van der Waals surface area (Å²) in [6.45, 7) is 7.84. The van der Waals surface area contributed by atoms with Crippen molar-refractivity contribution < 1.29 is 9.53 Å². The fourth-order valence-electron chi connectivity index (χ4n) is 2.83. The van der Waals surface area contributed by atoms with Crippen molar-refractivity contribution >= 4 is 17.7 Å². The Morgan fingerprint density at radius 3 is 2.32 bits per heavy atom. The topological polar surface area (TPSA) is 72.0 Å². The number of rotatable bonds is 16. The number of aromatic nitrogens is 2. The summed E-state index contributed by atoms with van der Waals surface area (Å²) in [7, 11) is 0. The van der Waals surface area contributed by atoms with Gasteiger partial charge in [-0.15, -0.1) is 0 Å². The van der Waals surface area contributed by atoms with Crippen molar-refractivity contribution in [1.82, 2.24) is 9.97 Å². The van der Waals surface area contributed by atoms with Crippen LogP contribution in [0.25, 0.3) is 0 Å². The number of unbranched alkanes of at least 4 members (excludes halogenated alkanes) is 8. The zero-order valence-corrected chi connectivity index (χ0v) is 18.4. The Labute approximate surface area is 173 Å². The van der Waals surface area contributed by atoms with Gasteiger partial charge in [-0.25, -0.2) is 9.78 Å². The minimum atomic E-state index is -0.283. The van der Waals surface area contributed by atoms with Crippen LogP contribution in [0, 0.1) is 0 Å². The van der Waals surface area contributed by atoms with Crippen molar-refractivity contribution in [2.24, 2.45) is 0 Å². The van der Waals surface area contributed by atoms with Crippen LogP contribution in [0.2, 0.25) is 0 Å². The number of nitrogens with one attached hydrogen (secondary N) is 1. The van der Waals surface area contributed by atoms with Gasteiger partial charge in [-0.05, 0) is 26.2 Å². The van der Waals surface area contributed by atoms with E-state index in [1.165, 1.54) is 38.5 Å². The second-order valence-corrected chi connectivity index (χ2v) is 8.32. The maximum atomic E-state index is 11.6. The van der Waals surface area contributed by atoms with Crippen LogP contribution in [-0.2, 0) is 16.0 Å². The van der Waals surface area contributed by atoms with Gasteiger partial charge < -0.3 is 9.72 Å². The van der Waals surface area contributed by atoms with Crippen molar-refractivity contribution in [2.45, 2.75) is 89.6 Å². The zero-order chi connectivity index (χ0) is 20.6. The van der Waals surface area contributed by atoms with E-state index in [4.69, 9.17) is 4.74 Å². The zero-order valence-electron chi connectivity index (χ0n) is 17.6. The van der Waals surface area contributed by atoms with E-state index in [0.29, 0.717) is 12.2 Å². The third-order valence-electron chi connectivity index (χ3n) is 4.39. The molecule has 1 aromatic rings. The van der Waals surface area contributed by atoms with Crippen LogP contribution in [-0.4, -0.2) is 28.3 Å². The van der Waals surface area contributed by atoms with Crippen molar-refractivity contribution in [3.05, 3.63) is 34.3 Å². The van der Waals surface area contributed by atoms with E-state index in [0.717, 1.165) is 48.7 Å². The molecule has 158 valence electrons. The van der Waals surface area contributed by atoms with E-state index in [1.54, 1.807) is 24.8 Å². The minimum Gasteiger partial charge on any atom is -0.462 e. The molecule has 0 fully saturated rings. The Balaban J connectivity index is 1.94. The van der Waals surface area contributed by atoms with E-state index >= 15 is 0 Å². The van der Waals surface area contributed by atoms with Gasteiger partial charge in [0.1, 0.15) is 0 Å². The van der Waals surface area contributed by atoms with Gasteiger partial charge in [-0.3, -0.25) is 4.79 Å². The van der Waals surface area contributed by atoms with Gasteiger partial charge in [0.05, 0.1) is 6.61 Å². The van der Waals surface area contributed by atoms with E-state index < -0.39 is 0 Å². The number of carbonyl (C=O) groups is 1. The van der Waals surface area contributed by atoms with Crippen molar-refractivity contribution in [3.8, 4) is 0 Å². The number of hydrogen-bond donors (Lipinski definition) is 1. The van der Waals surface area contributed by atoms with Gasteiger partial charge in [0.15, 0.2) is 5.16 Å². The highest BCUT2D eigenvalue weighted by atomic mass is 32.2. The summed E-state index contributed by atoms with van der Waals surface area (Å²) in [5.74, 6) is 0.718. The molecule has 1 N–H and O–H groups in total. The predicted molar refractivity (Wildman–Crippen MR) is 117 cm³/mol. The largest absolute Gasteiger partial charge is 0.462 e. The second kappa shape index (κ2) is 15.4. The number of carbonyl (C=O) groups excluding carboxylic acids is 1. The third-order valence-corrected chi connectivity index (χ3v) is 5.35. The molecule has 6 heteroatoms. The van der Waals surface area contributed by atoms with Gasteiger partial charge >= 0.3 is 5.97 Å². The highest BCUT2D eigenvalue weighted by molar-refractivity contribution is 7.99. The van der Waals surface area contributed by atoms with Crippen LogP contribution in [0.4, 0.5) is 0 Å². The van der Waals surface area contributed by atoms with E-state index in [9.17, 15) is 9.59 Å². The van der Waals surface area contributed by atoms with Crippen molar-refractivity contribution in [1.29, 1.82) is 0 Å². The van der Waals surface area contributed by atoms with Crippen LogP contribution in [0.3, 0.4) is 0 Å². The highest BCUT2D eigenvalue weighted by Gasteiger charge is 2.03. The predicted octanol–water partition coefficient (Wildman–Crippen LogP) is 5.44. The Morgan fingerprint density at radius 2 is 1.71 bits per heavy atom. The molecule has 5 nitrogen and oxygen atoms in total. The third kappa shape index (κ3) is 12.0. The monoisotopic (exact) mass is 408 g/mol. The van der Waals surface area contributed by atoms with E-state index in [2.05, 4.69) is 23.5 Å². The molecule has 1 heterocycles. The number of aromatic amines is 1. The molecule has 0 amide bonds. The number of H-pyrrole nitrogens is 1. The number of aryl methyl sites for hydroxylation is 1. The average Bonchev–Trinajstić information content (AvgIpc) is 2.65. The second-order valence-electron chi connectivity index (χ2n) is 7.24. The quantitative estimate of drug-likeness (QED) is 0.130. The van der Waals surface area contributed by atoms with E-state index in [-0.39, 0.29) is 11.5 Å². The molecule has 0 saturated carbocycles. The Hall–Kier alpha value is -1.56. The lowest BCUT2D eigenvalue weighted by Crippen LogP contribution is -2.10. The van der Waals surface area contributed by atoms with Gasteiger partial charge in [0.2, 0.25) is 0 Å². The summed E-state index contributed by atoms with van der Waals surface area (Å²) in [5, 5.41) is 0.755. The average molecular weight is 409 g/mol. The summed E-state index contributed by atoms with van der Waals surface area (Å²) in [6, 6.07) is 1.60.